The Morgan fingerprint density at radius 1 is 1.13 bits per heavy atom. The van der Waals surface area contributed by atoms with E-state index < -0.39 is 10.3 Å². The molecule has 0 aliphatic carbocycles. The van der Waals surface area contributed by atoms with Crippen LogP contribution in [-0.4, -0.2) is 35.3 Å². The third-order valence-electron chi connectivity index (χ3n) is 6.11. The monoisotopic (exact) mass is 538 g/mol. The van der Waals surface area contributed by atoms with Gasteiger partial charge in [0.1, 0.15) is 23.6 Å². The molecule has 0 bridgehead atoms. The molecule has 0 amide bonds. The number of nitro benzene ring substituents is 1. The molecule has 0 fully saturated rings. The van der Waals surface area contributed by atoms with Crippen LogP contribution in [0.15, 0.2) is 35.1 Å². The number of hydrogen-bond acceptors (Lipinski definition) is 9. The average Bonchev–Trinajstić information content (AvgIpc) is 3.16. The van der Waals surface area contributed by atoms with Gasteiger partial charge < -0.3 is 18.9 Å². The van der Waals surface area contributed by atoms with Gasteiger partial charge in [-0.25, -0.2) is 0 Å². The number of non-ortho nitro benzene ring substituents is 1. The van der Waals surface area contributed by atoms with Crippen LogP contribution < -0.4 is 29.0 Å². The number of carbonyl (C=O) groups excluding carboxylic acids is 1. The van der Waals surface area contributed by atoms with Crippen molar-refractivity contribution in [1.82, 2.24) is 4.57 Å². The Labute approximate surface area is 221 Å². The summed E-state index contributed by atoms with van der Waals surface area (Å²) in [6.07, 6.45) is 3.19. The first-order chi connectivity index (χ1) is 18.1. The number of hydrogen-bond donors (Lipinski definition) is 0. The Bertz CT molecular complexity index is 1610. The molecule has 2 aliphatic rings. The maximum absolute atomic E-state index is 13.7. The van der Waals surface area contributed by atoms with Crippen LogP contribution in [0, 0.1) is 15.5 Å². The Morgan fingerprint density at radius 2 is 1.89 bits per heavy atom. The highest BCUT2D eigenvalue weighted by Crippen LogP contribution is 2.33. The summed E-state index contributed by atoms with van der Waals surface area (Å²) in [6, 6.07) is 8.22. The zero-order chi connectivity index (χ0) is 27.0. The van der Waals surface area contributed by atoms with Gasteiger partial charge in [-0.05, 0) is 23.8 Å². The predicted molar refractivity (Wildman–Crippen MR) is 140 cm³/mol. The maximum Gasteiger partial charge on any atom is 0.270 e. The molecule has 3 aromatic rings. The van der Waals surface area contributed by atoms with Crippen molar-refractivity contribution < 1.29 is 28.7 Å². The second-order valence-corrected chi connectivity index (χ2v) is 11.0. The number of Topliss-reactive ketones (excluding diaryl/α,β-unsaturated/α-hetero) is 1. The third kappa shape index (κ3) is 5.20. The first kappa shape index (κ1) is 25.7. The van der Waals surface area contributed by atoms with Gasteiger partial charge >= 0.3 is 0 Å². The third-order valence-corrected chi connectivity index (χ3v) is 7.16. The quantitative estimate of drug-likeness (QED) is 0.359. The lowest BCUT2D eigenvalue weighted by Crippen LogP contribution is -2.33. The van der Waals surface area contributed by atoms with Crippen molar-refractivity contribution in [3.63, 3.8) is 0 Å². The fourth-order valence-corrected chi connectivity index (χ4v) is 5.14. The van der Waals surface area contributed by atoms with Gasteiger partial charge in [0.15, 0.2) is 24.1 Å². The minimum atomic E-state index is -0.657. The SMILES string of the molecule is CC(C)(C)C(=O)C=c1sc(=Cc2ccc3c(c2)OCCO3)c(=O)n1Cc1cc([N+](=O)[O-])cc2c1OCOC2. The molecule has 198 valence electrons. The fraction of sp³-hybridized carbons (Fsp3) is 0.333. The Balaban J connectivity index is 1.66. The molecule has 5 rings (SSSR count). The van der Waals surface area contributed by atoms with Crippen LogP contribution in [0.5, 0.6) is 17.2 Å². The molecule has 0 saturated carbocycles. The van der Waals surface area contributed by atoms with Crippen LogP contribution >= 0.6 is 11.3 Å². The van der Waals surface area contributed by atoms with Crippen LogP contribution in [0.25, 0.3) is 12.2 Å². The highest BCUT2D eigenvalue weighted by Gasteiger charge is 2.23. The number of benzene rings is 2. The second-order valence-electron chi connectivity index (χ2n) is 9.96. The number of ether oxygens (including phenoxy) is 4. The smallest absolute Gasteiger partial charge is 0.270 e. The van der Waals surface area contributed by atoms with Gasteiger partial charge in [0.25, 0.3) is 11.2 Å². The number of nitrogens with zero attached hydrogens (tertiary/aromatic N) is 2. The normalized spacial score (nSPS) is 15.7. The highest BCUT2D eigenvalue weighted by atomic mass is 32.1. The minimum absolute atomic E-state index is 0.000973. The van der Waals surface area contributed by atoms with Crippen molar-refractivity contribution in [3.05, 3.63) is 76.7 Å². The summed E-state index contributed by atoms with van der Waals surface area (Å²) >= 11 is 1.18. The molecule has 0 radical (unpaired) electrons. The van der Waals surface area contributed by atoms with Gasteiger partial charge in [-0.2, -0.15) is 0 Å². The number of nitro groups is 1. The molecule has 0 unspecified atom stereocenters. The van der Waals surface area contributed by atoms with Crippen molar-refractivity contribution in [2.75, 3.05) is 20.0 Å². The standard InChI is InChI=1S/C27H26N2O8S/c1-27(2,3)23(30)12-24-28(13-17-10-19(29(32)33)11-18-14-34-15-37-25(17)18)26(31)22(38-24)9-16-4-5-20-21(8-16)36-7-6-35-20/h4-5,8-12H,6-7,13-15H2,1-3H3. The lowest BCUT2D eigenvalue weighted by molar-refractivity contribution is -0.385. The maximum atomic E-state index is 13.7. The molecule has 38 heavy (non-hydrogen) atoms. The summed E-state index contributed by atoms with van der Waals surface area (Å²) in [4.78, 5) is 37.7. The van der Waals surface area contributed by atoms with Gasteiger partial charge in [-0.15, -0.1) is 11.3 Å². The van der Waals surface area contributed by atoms with Gasteiger partial charge in [-0.3, -0.25) is 24.3 Å². The van der Waals surface area contributed by atoms with Gasteiger partial charge in [0.05, 0.1) is 22.6 Å². The molecule has 0 saturated heterocycles. The summed E-state index contributed by atoms with van der Waals surface area (Å²) in [5.74, 6) is 1.54. The van der Waals surface area contributed by atoms with E-state index >= 15 is 0 Å². The molecule has 0 atom stereocenters. The Morgan fingerprint density at radius 3 is 2.63 bits per heavy atom. The van der Waals surface area contributed by atoms with Gasteiger partial charge in [0, 0.05) is 34.8 Å². The van der Waals surface area contributed by atoms with Crippen molar-refractivity contribution in [2.45, 2.75) is 33.9 Å². The molecule has 3 heterocycles. The van der Waals surface area contributed by atoms with E-state index in [9.17, 15) is 19.7 Å². The number of carbonyl (C=O) groups is 1. The van der Waals surface area contributed by atoms with E-state index in [1.54, 1.807) is 39.0 Å². The molecular formula is C27H26N2O8S. The lowest BCUT2D eigenvalue weighted by Gasteiger charge is -2.20. The van der Waals surface area contributed by atoms with Crippen LogP contribution in [-0.2, 0) is 22.7 Å². The average molecular weight is 539 g/mol. The molecule has 11 heteroatoms. The highest BCUT2D eigenvalue weighted by molar-refractivity contribution is 7.07. The van der Waals surface area contributed by atoms with E-state index in [2.05, 4.69) is 0 Å². The van der Waals surface area contributed by atoms with E-state index in [1.165, 1.54) is 34.1 Å². The number of rotatable bonds is 5. The molecule has 0 spiro atoms. The van der Waals surface area contributed by atoms with E-state index in [0.29, 0.717) is 50.8 Å². The predicted octanol–water partition coefficient (Wildman–Crippen LogP) is 2.73. The van der Waals surface area contributed by atoms with Crippen molar-refractivity contribution in [1.29, 1.82) is 0 Å². The second kappa shape index (κ2) is 10.1. The molecular weight excluding hydrogens is 512 g/mol. The zero-order valence-corrected chi connectivity index (χ0v) is 22.0. The topological polar surface area (TPSA) is 119 Å². The summed E-state index contributed by atoms with van der Waals surface area (Å²) in [7, 11) is 0. The van der Waals surface area contributed by atoms with E-state index in [1.807, 2.05) is 6.07 Å². The lowest BCUT2D eigenvalue weighted by atomic mass is 9.91. The molecule has 0 N–H and O–H groups in total. The molecule has 1 aromatic heterocycles. The van der Waals surface area contributed by atoms with Gasteiger partial charge in [0.2, 0.25) is 0 Å². The zero-order valence-electron chi connectivity index (χ0n) is 21.1. The number of thiazole rings is 1. The van der Waals surface area contributed by atoms with Gasteiger partial charge in [-0.1, -0.05) is 26.8 Å². The number of aromatic nitrogens is 1. The summed E-state index contributed by atoms with van der Waals surface area (Å²) in [6.45, 7) is 6.46. The number of fused-ring (bicyclic) bond motifs is 2. The van der Waals surface area contributed by atoms with Crippen molar-refractivity contribution in [2.24, 2.45) is 5.41 Å². The summed E-state index contributed by atoms with van der Waals surface area (Å²) < 4.78 is 24.5. The fourth-order valence-electron chi connectivity index (χ4n) is 4.10. The Kier molecular flexibility index (Phi) is 6.80. The van der Waals surface area contributed by atoms with Crippen LogP contribution in [0.2, 0.25) is 0 Å². The molecule has 2 aromatic carbocycles. The minimum Gasteiger partial charge on any atom is -0.486 e. The largest absolute Gasteiger partial charge is 0.486 e. The van der Waals surface area contributed by atoms with E-state index in [0.717, 1.165) is 5.56 Å². The summed E-state index contributed by atoms with van der Waals surface area (Å²) in [5, 5.41) is 11.6. The van der Waals surface area contributed by atoms with Crippen LogP contribution in [0.1, 0.15) is 37.5 Å². The summed E-state index contributed by atoms with van der Waals surface area (Å²) in [5.41, 5.74) is 0.613. The van der Waals surface area contributed by atoms with Crippen molar-refractivity contribution >= 4 is 35.0 Å². The molecule has 10 nitrogen and oxygen atoms in total. The van der Waals surface area contributed by atoms with E-state index in [4.69, 9.17) is 18.9 Å². The molecule has 2 aliphatic heterocycles. The first-order valence-corrected chi connectivity index (χ1v) is 12.8. The van der Waals surface area contributed by atoms with Crippen LogP contribution in [0.3, 0.4) is 0 Å². The van der Waals surface area contributed by atoms with E-state index in [-0.39, 0.29) is 37.0 Å². The van der Waals surface area contributed by atoms with Crippen molar-refractivity contribution in [3.8, 4) is 17.2 Å². The first-order valence-electron chi connectivity index (χ1n) is 12.0. The Hall–Kier alpha value is -3.96. The number of ketones is 1. The van der Waals surface area contributed by atoms with Crippen LogP contribution in [0.4, 0.5) is 5.69 Å².